The Morgan fingerprint density at radius 1 is 1.11 bits per heavy atom. The van der Waals surface area contributed by atoms with Crippen LogP contribution in [0.25, 0.3) is 0 Å². The van der Waals surface area contributed by atoms with Crippen LogP contribution in [-0.2, 0) is 13.2 Å². The summed E-state index contributed by atoms with van der Waals surface area (Å²) in [5.41, 5.74) is 3.67. The first-order valence-electron chi connectivity index (χ1n) is 6.22. The first kappa shape index (κ1) is 13.3. The second-order valence-electron chi connectivity index (χ2n) is 4.53. The normalized spacial score (nSPS) is 10.2. The second kappa shape index (κ2) is 6.16. The van der Waals surface area contributed by atoms with Crippen molar-refractivity contribution in [1.82, 2.24) is 5.32 Å². The molecule has 0 aliphatic heterocycles. The van der Waals surface area contributed by atoms with Gasteiger partial charge in [-0.3, -0.25) is 4.79 Å². The molecule has 0 aliphatic carbocycles. The van der Waals surface area contributed by atoms with Crippen LogP contribution in [0.1, 0.15) is 27.0 Å². The summed E-state index contributed by atoms with van der Waals surface area (Å²) in [6.07, 6.45) is 0. The zero-order chi connectivity index (χ0) is 13.7. The van der Waals surface area contributed by atoms with E-state index in [0.29, 0.717) is 12.1 Å². The molecule has 0 spiro atoms. The van der Waals surface area contributed by atoms with E-state index in [1.165, 1.54) is 5.56 Å². The predicted octanol–water partition coefficient (Wildman–Crippen LogP) is 2.42. The molecule has 0 bridgehead atoms. The largest absolute Gasteiger partial charge is 0.392 e. The van der Waals surface area contributed by atoms with Gasteiger partial charge in [0.1, 0.15) is 0 Å². The van der Waals surface area contributed by atoms with Gasteiger partial charge in [-0.1, -0.05) is 42.0 Å². The van der Waals surface area contributed by atoms with Crippen molar-refractivity contribution in [3.05, 3.63) is 70.8 Å². The zero-order valence-corrected chi connectivity index (χ0v) is 10.9. The lowest BCUT2D eigenvalue weighted by Gasteiger charge is -2.06. The molecule has 0 saturated carbocycles. The van der Waals surface area contributed by atoms with Gasteiger partial charge in [-0.15, -0.1) is 0 Å². The van der Waals surface area contributed by atoms with Crippen LogP contribution in [0, 0.1) is 6.92 Å². The lowest BCUT2D eigenvalue weighted by atomic mass is 10.1. The van der Waals surface area contributed by atoms with Crippen molar-refractivity contribution in [2.75, 3.05) is 0 Å². The first-order valence-corrected chi connectivity index (χ1v) is 6.22. The van der Waals surface area contributed by atoms with E-state index in [-0.39, 0.29) is 12.5 Å². The Morgan fingerprint density at radius 2 is 1.84 bits per heavy atom. The molecule has 3 heteroatoms. The molecular formula is C16H17NO2. The summed E-state index contributed by atoms with van der Waals surface area (Å²) >= 11 is 0. The molecule has 0 fully saturated rings. The fourth-order valence-electron chi connectivity index (χ4n) is 1.87. The van der Waals surface area contributed by atoms with Crippen molar-refractivity contribution in [2.24, 2.45) is 0 Å². The highest BCUT2D eigenvalue weighted by Gasteiger charge is 2.04. The van der Waals surface area contributed by atoms with Gasteiger partial charge in [-0.25, -0.2) is 0 Å². The molecule has 0 saturated heterocycles. The Morgan fingerprint density at radius 3 is 2.47 bits per heavy atom. The highest BCUT2D eigenvalue weighted by atomic mass is 16.3. The number of nitrogens with one attached hydrogen (secondary N) is 1. The monoisotopic (exact) mass is 255 g/mol. The average Bonchev–Trinajstić information content (AvgIpc) is 2.45. The fourth-order valence-corrected chi connectivity index (χ4v) is 1.87. The molecular weight excluding hydrogens is 238 g/mol. The molecule has 19 heavy (non-hydrogen) atoms. The number of benzene rings is 2. The van der Waals surface area contributed by atoms with Crippen molar-refractivity contribution >= 4 is 5.91 Å². The van der Waals surface area contributed by atoms with E-state index in [4.69, 9.17) is 5.11 Å². The van der Waals surface area contributed by atoms with Gasteiger partial charge in [0.2, 0.25) is 0 Å². The third kappa shape index (κ3) is 3.66. The molecule has 0 heterocycles. The standard InChI is InChI=1S/C16H17NO2/c1-12-3-2-4-14(9-12)10-17-16(19)15-7-5-13(11-18)6-8-15/h2-9,18H,10-11H2,1H3,(H,17,19). The molecule has 3 nitrogen and oxygen atoms in total. The van der Waals surface area contributed by atoms with E-state index in [2.05, 4.69) is 11.4 Å². The molecule has 2 N–H and O–H groups in total. The number of amides is 1. The van der Waals surface area contributed by atoms with E-state index in [1.807, 2.05) is 25.1 Å². The summed E-state index contributed by atoms with van der Waals surface area (Å²) in [7, 11) is 0. The Bertz CT molecular complexity index is 561. The molecule has 2 rings (SSSR count). The average molecular weight is 255 g/mol. The van der Waals surface area contributed by atoms with Crippen LogP contribution in [-0.4, -0.2) is 11.0 Å². The molecule has 0 aromatic heterocycles. The molecule has 1 amide bonds. The van der Waals surface area contributed by atoms with Crippen molar-refractivity contribution in [2.45, 2.75) is 20.1 Å². The van der Waals surface area contributed by atoms with Gasteiger partial charge in [0, 0.05) is 12.1 Å². The molecule has 2 aromatic rings. The van der Waals surface area contributed by atoms with Gasteiger partial charge in [-0.05, 0) is 30.2 Å². The molecule has 98 valence electrons. The van der Waals surface area contributed by atoms with Crippen LogP contribution in [0.3, 0.4) is 0 Å². The number of carbonyl (C=O) groups is 1. The Hall–Kier alpha value is -2.13. The summed E-state index contributed by atoms with van der Waals surface area (Å²) < 4.78 is 0. The van der Waals surface area contributed by atoms with E-state index in [0.717, 1.165) is 11.1 Å². The highest BCUT2D eigenvalue weighted by Crippen LogP contribution is 2.06. The van der Waals surface area contributed by atoms with Crippen LogP contribution in [0.5, 0.6) is 0 Å². The second-order valence-corrected chi connectivity index (χ2v) is 4.53. The van der Waals surface area contributed by atoms with Gasteiger partial charge in [0.15, 0.2) is 0 Å². The van der Waals surface area contributed by atoms with Crippen molar-refractivity contribution in [3.8, 4) is 0 Å². The molecule has 0 aliphatic rings. The van der Waals surface area contributed by atoms with Gasteiger partial charge >= 0.3 is 0 Å². The van der Waals surface area contributed by atoms with Gasteiger partial charge < -0.3 is 10.4 Å². The maximum Gasteiger partial charge on any atom is 0.251 e. The van der Waals surface area contributed by atoms with Gasteiger partial charge in [0.25, 0.3) is 5.91 Å². The SMILES string of the molecule is Cc1cccc(CNC(=O)c2ccc(CO)cc2)c1. The fraction of sp³-hybridized carbons (Fsp3) is 0.188. The smallest absolute Gasteiger partial charge is 0.251 e. The quantitative estimate of drug-likeness (QED) is 0.881. The number of rotatable bonds is 4. The summed E-state index contributed by atoms with van der Waals surface area (Å²) in [5, 5.41) is 11.8. The number of aryl methyl sites for hydroxylation is 1. The first-order chi connectivity index (χ1) is 9.19. The Kier molecular flexibility index (Phi) is 4.31. The van der Waals surface area contributed by atoms with E-state index in [9.17, 15) is 4.79 Å². The maximum absolute atomic E-state index is 11.9. The zero-order valence-electron chi connectivity index (χ0n) is 10.9. The molecule has 0 atom stereocenters. The molecule has 0 radical (unpaired) electrons. The van der Waals surface area contributed by atoms with Crippen LogP contribution in [0.15, 0.2) is 48.5 Å². The minimum atomic E-state index is -0.106. The number of hydrogen-bond donors (Lipinski definition) is 2. The number of carbonyl (C=O) groups excluding carboxylic acids is 1. The van der Waals surface area contributed by atoms with E-state index >= 15 is 0 Å². The lowest BCUT2D eigenvalue weighted by molar-refractivity contribution is 0.0951. The topological polar surface area (TPSA) is 49.3 Å². The number of hydrogen-bond acceptors (Lipinski definition) is 2. The minimum Gasteiger partial charge on any atom is -0.392 e. The van der Waals surface area contributed by atoms with Gasteiger partial charge in [-0.2, -0.15) is 0 Å². The Labute approximate surface area is 112 Å². The molecule has 2 aromatic carbocycles. The number of aliphatic hydroxyl groups excluding tert-OH is 1. The van der Waals surface area contributed by atoms with E-state index < -0.39 is 0 Å². The molecule has 0 unspecified atom stereocenters. The van der Waals surface area contributed by atoms with Crippen LogP contribution in [0.2, 0.25) is 0 Å². The van der Waals surface area contributed by atoms with Gasteiger partial charge in [0.05, 0.1) is 6.61 Å². The van der Waals surface area contributed by atoms with Crippen molar-refractivity contribution < 1.29 is 9.90 Å². The maximum atomic E-state index is 11.9. The summed E-state index contributed by atoms with van der Waals surface area (Å²) in [6.45, 7) is 2.53. The lowest BCUT2D eigenvalue weighted by Crippen LogP contribution is -2.22. The third-order valence-corrected chi connectivity index (χ3v) is 2.93. The van der Waals surface area contributed by atoms with Crippen molar-refractivity contribution in [3.63, 3.8) is 0 Å². The Balaban J connectivity index is 1.97. The minimum absolute atomic E-state index is 0.00874. The summed E-state index contributed by atoms with van der Waals surface area (Å²) in [4.78, 5) is 11.9. The highest BCUT2D eigenvalue weighted by molar-refractivity contribution is 5.94. The number of aliphatic hydroxyl groups is 1. The third-order valence-electron chi connectivity index (χ3n) is 2.93. The van der Waals surface area contributed by atoms with E-state index in [1.54, 1.807) is 24.3 Å². The van der Waals surface area contributed by atoms with Crippen LogP contribution >= 0.6 is 0 Å². The van der Waals surface area contributed by atoms with Crippen LogP contribution < -0.4 is 5.32 Å². The van der Waals surface area contributed by atoms with Crippen LogP contribution in [0.4, 0.5) is 0 Å². The predicted molar refractivity (Wildman–Crippen MR) is 74.7 cm³/mol. The van der Waals surface area contributed by atoms with Crippen molar-refractivity contribution in [1.29, 1.82) is 0 Å². The summed E-state index contributed by atoms with van der Waals surface area (Å²) in [5.74, 6) is -0.106. The summed E-state index contributed by atoms with van der Waals surface area (Å²) in [6, 6.07) is 15.0.